The minimum atomic E-state index is -0.156. The van der Waals surface area contributed by atoms with Gasteiger partial charge >= 0.3 is 0 Å². The highest BCUT2D eigenvalue weighted by atomic mass is 79.9. The third-order valence-corrected chi connectivity index (χ3v) is 3.62. The Hall–Kier alpha value is -1.15. The van der Waals surface area contributed by atoms with Crippen molar-refractivity contribution in [1.29, 1.82) is 0 Å². The van der Waals surface area contributed by atoms with Crippen LogP contribution in [0.1, 0.15) is 21.5 Å². The molecule has 2 aromatic carbocycles. The molecule has 1 unspecified atom stereocenters. The van der Waals surface area contributed by atoms with Crippen LogP contribution in [0, 0.1) is 12.7 Å². The Kier molecular flexibility index (Phi) is 3.39. The highest BCUT2D eigenvalue weighted by Gasteiger charge is 2.10. The predicted molar refractivity (Wildman–Crippen MR) is 68.3 cm³/mol. The summed E-state index contributed by atoms with van der Waals surface area (Å²) >= 11 is 3.63. The summed E-state index contributed by atoms with van der Waals surface area (Å²) in [5, 5.41) is 0. The van der Waals surface area contributed by atoms with Gasteiger partial charge < -0.3 is 0 Å². The summed E-state index contributed by atoms with van der Waals surface area (Å²) in [7, 11) is 0. The standard InChI is InChI=1S/C14H12BrF/c1-10-9-12(7-8-13(10)16)14(15)11-5-3-2-4-6-11/h2-9,14H,1H3. The van der Waals surface area contributed by atoms with Crippen LogP contribution in [0.5, 0.6) is 0 Å². The molecule has 0 aliphatic carbocycles. The van der Waals surface area contributed by atoms with Crippen LogP contribution in [0.2, 0.25) is 0 Å². The molecule has 0 fully saturated rings. The van der Waals surface area contributed by atoms with Gasteiger partial charge in [-0.1, -0.05) is 58.4 Å². The van der Waals surface area contributed by atoms with Crippen molar-refractivity contribution < 1.29 is 4.39 Å². The lowest BCUT2D eigenvalue weighted by Gasteiger charge is -2.11. The van der Waals surface area contributed by atoms with Gasteiger partial charge in [-0.05, 0) is 29.7 Å². The van der Waals surface area contributed by atoms with Crippen molar-refractivity contribution in [3.8, 4) is 0 Å². The Morgan fingerprint density at radius 2 is 1.69 bits per heavy atom. The van der Waals surface area contributed by atoms with E-state index < -0.39 is 0 Å². The molecule has 0 nitrogen and oxygen atoms in total. The van der Waals surface area contributed by atoms with E-state index in [9.17, 15) is 4.39 Å². The maximum atomic E-state index is 13.1. The van der Waals surface area contributed by atoms with Gasteiger partial charge in [0.1, 0.15) is 5.82 Å². The van der Waals surface area contributed by atoms with Crippen molar-refractivity contribution >= 4 is 15.9 Å². The topological polar surface area (TPSA) is 0 Å². The first kappa shape index (κ1) is 11.3. The van der Waals surface area contributed by atoms with Crippen molar-refractivity contribution in [2.24, 2.45) is 0 Å². The van der Waals surface area contributed by atoms with E-state index in [1.807, 2.05) is 30.3 Å². The lowest BCUT2D eigenvalue weighted by atomic mass is 10.0. The third-order valence-electron chi connectivity index (χ3n) is 2.57. The van der Waals surface area contributed by atoms with Crippen LogP contribution in [0.4, 0.5) is 4.39 Å². The maximum Gasteiger partial charge on any atom is 0.126 e. The molecule has 0 bridgehead atoms. The summed E-state index contributed by atoms with van der Waals surface area (Å²) in [4.78, 5) is 0.119. The van der Waals surface area contributed by atoms with Crippen LogP contribution in [-0.4, -0.2) is 0 Å². The zero-order chi connectivity index (χ0) is 11.5. The maximum absolute atomic E-state index is 13.1. The van der Waals surface area contributed by atoms with Crippen LogP contribution in [-0.2, 0) is 0 Å². The van der Waals surface area contributed by atoms with Crippen molar-refractivity contribution in [1.82, 2.24) is 0 Å². The van der Waals surface area contributed by atoms with E-state index in [-0.39, 0.29) is 10.6 Å². The Balaban J connectivity index is 2.34. The van der Waals surface area contributed by atoms with Crippen LogP contribution >= 0.6 is 15.9 Å². The van der Waals surface area contributed by atoms with E-state index in [1.165, 1.54) is 11.6 Å². The summed E-state index contributed by atoms with van der Waals surface area (Å²) in [5.41, 5.74) is 2.93. The fourth-order valence-electron chi connectivity index (χ4n) is 1.64. The van der Waals surface area contributed by atoms with Crippen molar-refractivity contribution in [2.45, 2.75) is 11.8 Å². The zero-order valence-electron chi connectivity index (χ0n) is 8.95. The summed E-state index contributed by atoms with van der Waals surface area (Å²) in [6.07, 6.45) is 0. The molecule has 82 valence electrons. The molecule has 0 saturated heterocycles. The molecule has 0 spiro atoms. The Bertz CT molecular complexity index is 479. The second kappa shape index (κ2) is 4.79. The van der Waals surface area contributed by atoms with E-state index in [1.54, 1.807) is 6.92 Å². The average Bonchev–Trinajstić information content (AvgIpc) is 2.33. The van der Waals surface area contributed by atoms with Gasteiger partial charge in [-0.15, -0.1) is 0 Å². The first-order chi connectivity index (χ1) is 7.68. The van der Waals surface area contributed by atoms with Crippen LogP contribution in [0.3, 0.4) is 0 Å². The van der Waals surface area contributed by atoms with Crippen LogP contribution in [0.25, 0.3) is 0 Å². The molecule has 16 heavy (non-hydrogen) atoms. The van der Waals surface area contributed by atoms with E-state index >= 15 is 0 Å². The Morgan fingerprint density at radius 3 is 2.31 bits per heavy atom. The molecular weight excluding hydrogens is 267 g/mol. The molecule has 2 rings (SSSR count). The Morgan fingerprint density at radius 1 is 1.00 bits per heavy atom. The summed E-state index contributed by atoms with van der Waals surface area (Å²) in [5.74, 6) is -0.156. The van der Waals surface area contributed by atoms with Crippen molar-refractivity contribution in [2.75, 3.05) is 0 Å². The molecule has 0 saturated carbocycles. The molecule has 0 heterocycles. The minimum Gasteiger partial charge on any atom is -0.207 e. The smallest absolute Gasteiger partial charge is 0.126 e. The molecule has 0 aromatic heterocycles. The van der Waals surface area contributed by atoms with E-state index in [0.29, 0.717) is 5.56 Å². The lowest BCUT2D eigenvalue weighted by Crippen LogP contribution is -1.94. The normalized spacial score (nSPS) is 12.4. The van der Waals surface area contributed by atoms with Gasteiger partial charge in [-0.25, -0.2) is 4.39 Å². The first-order valence-corrected chi connectivity index (χ1v) is 6.05. The molecular formula is C14H12BrF. The number of aryl methyl sites for hydroxylation is 1. The quantitative estimate of drug-likeness (QED) is 0.704. The molecule has 0 radical (unpaired) electrons. The highest BCUT2D eigenvalue weighted by molar-refractivity contribution is 9.09. The Labute approximate surface area is 103 Å². The van der Waals surface area contributed by atoms with E-state index in [4.69, 9.17) is 0 Å². The molecule has 0 aliphatic rings. The molecule has 2 aromatic rings. The average molecular weight is 279 g/mol. The fraction of sp³-hybridized carbons (Fsp3) is 0.143. The fourth-order valence-corrected chi connectivity index (χ4v) is 2.23. The monoisotopic (exact) mass is 278 g/mol. The van der Waals surface area contributed by atoms with E-state index in [0.717, 1.165) is 5.56 Å². The largest absolute Gasteiger partial charge is 0.207 e. The number of rotatable bonds is 2. The second-order valence-corrected chi connectivity index (χ2v) is 4.70. The first-order valence-electron chi connectivity index (χ1n) is 5.13. The zero-order valence-corrected chi connectivity index (χ0v) is 10.5. The van der Waals surface area contributed by atoms with Gasteiger partial charge in [0.2, 0.25) is 0 Å². The molecule has 0 N–H and O–H groups in total. The van der Waals surface area contributed by atoms with Gasteiger partial charge in [-0.2, -0.15) is 0 Å². The van der Waals surface area contributed by atoms with Gasteiger partial charge in [-0.3, -0.25) is 0 Å². The molecule has 0 amide bonds. The second-order valence-electron chi connectivity index (χ2n) is 3.78. The SMILES string of the molecule is Cc1cc(C(Br)c2ccccc2)ccc1F. The van der Waals surface area contributed by atoms with Gasteiger partial charge in [0.25, 0.3) is 0 Å². The highest BCUT2D eigenvalue weighted by Crippen LogP contribution is 2.31. The predicted octanol–water partition coefficient (Wildman–Crippen LogP) is 4.62. The molecule has 0 aliphatic heterocycles. The number of hydrogen-bond acceptors (Lipinski definition) is 0. The summed E-state index contributed by atoms with van der Waals surface area (Å²) < 4.78 is 13.1. The summed E-state index contributed by atoms with van der Waals surface area (Å²) in [6.45, 7) is 1.78. The minimum absolute atomic E-state index is 0.119. The number of benzene rings is 2. The van der Waals surface area contributed by atoms with Crippen LogP contribution in [0.15, 0.2) is 48.5 Å². The summed E-state index contributed by atoms with van der Waals surface area (Å²) in [6, 6.07) is 15.3. The lowest BCUT2D eigenvalue weighted by molar-refractivity contribution is 0.618. The molecule has 1 atom stereocenters. The van der Waals surface area contributed by atoms with Crippen molar-refractivity contribution in [3.63, 3.8) is 0 Å². The van der Waals surface area contributed by atoms with Crippen LogP contribution < -0.4 is 0 Å². The van der Waals surface area contributed by atoms with Crippen molar-refractivity contribution in [3.05, 3.63) is 71.0 Å². The van der Waals surface area contributed by atoms with Gasteiger partial charge in [0.05, 0.1) is 4.83 Å². The number of hydrogen-bond donors (Lipinski definition) is 0. The van der Waals surface area contributed by atoms with Gasteiger partial charge in [0.15, 0.2) is 0 Å². The van der Waals surface area contributed by atoms with Gasteiger partial charge in [0, 0.05) is 0 Å². The molecule has 2 heteroatoms. The number of halogens is 2. The number of alkyl halides is 1. The third kappa shape index (κ3) is 2.33. The van der Waals surface area contributed by atoms with E-state index in [2.05, 4.69) is 28.1 Å².